The molecule has 2 aromatic carbocycles. The smallest absolute Gasteiger partial charge is 0.224 e. The molecule has 1 aliphatic heterocycles. The first kappa shape index (κ1) is 18.0. The van der Waals surface area contributed by atoms with Gasteiger partial charge in [0.25, 0.3) is 0 Å². The largest absolute Gasteiger partial charge is 0.464 e. The van der Waals surface area contributed by atoms with E-state index in [2.05, 4.69) is 42.3 Å². The Kier molecular flexibility index (Phi) is 4.89. The lowest BCUT2D eigenvalue weighted by atomic mass is 10.0. The highest BCUT2D eigenvalue weighted by Crippen LogP contribution is 2.30. The Hall–Kier alpha value is -2.37. The van der Waals surface area contributed by atoms with E-state index in [-0.39, 0.29) is 11.4 Å². The molecule has 1 aromatic heterocycles. The first-order valence-electron chi connectivity index (χ1n) is 9.52. The highest BCUT2D eigenvalue weighted by Gasteiger charge is 2.28. The van der Waals surface area contributed by atoms with Crippen LogP contribution < -0.4 is 5.32 Å². The molecule has 0 unspecified atom stereocenters. The molecule has 1 fully saturated rings. The number of nitrogens with zero attached hydrogens (tertiary/aromatic N) is 1. The minimum atomic E-state index is -0.0927. The SMILES string of the molecule is CC(C)(CNC(=O)Cc1coc2ccc3ccccc3c12)N1CCOCC1. The van der Waals surface area contributed by atoms with E-state index in [1.54, 1.807) is 6.26 Å². The van der Waals surface area contributed by atoms with Crippen molar-refractivity contribution in [3.05, 3.63) is 48.2 Å². The van der Waals surface area contributed by atoms with Crippen LogP contribution in [0.15, 0.2) is 47.1 Å². The number of hydrogen-bond acceptors (Lipinski definition) is 4. The summed E-state index contributed by atoms with van der Waals surface area (Å²) < 4.78 is 11.1. The first-order chi connectivity index (χ1) is 13.0. The van der Waals surface area contributed by atoms with E-state index in [1.807, 2.05) is 18.2 Å². The summed E-state index contributed by atoms with van der Waals surface area (Å²) in [5.41, 5.74) is 1.67. The monoisotopic (exact) mass is 366 g/mol. The van der Waals surface area contributed by atoms with E-state index < -0.39 is 0 Å². The molecule has 0 bridgehead atoms. The molecular weight excluding hydrogens is 340 g/mol. The molecular formula is C22H26N2O3. The fraction of sp³-hybridized carbons (Fsp3) is 0.409. The number of rotatable bonds is 5. The maximum atomic E-state index is 12.6. The third-order valence-corrected chi connectivity index (χ3v) is 5.48. The van der Waals surface area contributed by atoms with Crippen LogP contribution in [0, 0.1) is 0 Å². The Morgan fingerprint density at radius 2 is 1.93 bits per heavy atom. The predicted molar refractivity (Wildman–Crippen MR) is 107 cm³/mol. The van der Waals surface area contributed by atoms with Crippen molar-refractivity contribution < 1.29 is 13.9 Å². The molecule has 1 saturated heterocycles. The third-order valence-electron chi connectivity index (χ3n) is 5.48. The second-order valence-corrected chi connectivity index (χ2v) is 7.79. The summed E-state index contributed by atoms with van der Waals surface area (Å²) in [5, 5.41) is 6.43. The maximum absolute atomic E-state index is 12.6. The lowest BCUT2D eigenvalue weighted by Gasteiger charge is -2.40. The number of carbonyl (C=O) groups excluding carboxylic acids is 1. The molecule has 0 saturated carbocycles. The van der Waals surface area contributed by atoms with Crippen molar-refractivity contribution in [2.24, 2.45) is 0 Å². The number of furan rings is 1. The number of hydrogen-bond donors (Lipinski definition) is 1. The number of amides is 1. The Morgan fingerprint density at radius 1 is 1.15 bits per heavy atom. The molecule has 3 aromatic rings. The number of morpholine rings is 1. The quantitative estimate of drug-likeness (QED) is 0.752. The van der Waals surface area contributed by atoms with Gasteiger partial charge in [0.15, 0.2) is 0 Å². The van der Waals surface area contributed by atoms with E-state index in [9.17, 15) is 4.79 Å². The van der Waals surface area contributed by atoms with Crippen LogP contribution in [0.25, 0.3) is 21.7 Å². The molecule has 0 radical (unpaired) electrons. The van der Waals surface area contributed by atoms with Crippen LogP contribution in [0.3, 0.4) is 0 Å². The lowest BCUT2D eigenvalue weighted by Crippen LogP contribution is -2.55. The van der Waals surface area contributed by atoms with E-state index >= 15 is 0 Å². The molecule has 142 valence electrons. The van der Waals surface area contributed by atoms with Gasteiger partial charge in [0.2, 0.25) is 5.91 Å². The third kappa shape index (κ3) is 3.70. The zero-order valence-electron chi connectivity index (χ0n) is 16.0. The summed E-state index contributed by atoms with van der Waals surface area (Å²) in [4.78, 5) is 15.0. The van der Waals surface area contributed by atoms with E-state index in [0.717, 1.165) is 53.6 Å². The van der Waals surface area contributed by atoms with Crippen molar-refractivity contribution in [1.29, 1.82) is 0 Å². The zero-order valence-corrected chi connectivity index (χ0v) is 16.0. The topological polar surface area (TPSA) is 54.7 Å². The minimum Gasteiger partial charge on any atom is -0.464 e. The summed E-state index contributed by atoms with van der Waals surface area (Å²) in [5.74, 6) is 0.0203. The van der Waals surface area contributed by atoms with Gasteiger partial charge >= 0.3 is 0 Å². The summed E-state index contributed by atoms with van der Waals surface area (Å²) >= 11 is 0. The molecule has 0 atom stereocenters. The zero-order chi connectivity index (χ0) is 18.9. The highest BCUT2D eigenvalue weighted by atomic mass is 16.5. The summed E-state index contributed by atoms with van der Waals surface area (Å²) in [6.45, 7) is 8.26. The van der Waals surface area contributed by atoms with Crippen LogP contribution in [0.4, 0.5) is 0 Å². The van der Waals surface area contributed by atoms with Gasteiger partial charge in [0, 0.05) is 36.1 Å². The number of benzene rings is 2. The Morgan fingerprint density at radius 3 is 2.74 bits per heavy atom. The van der Waals surface area contributed by atoms with Crippen LogP contribution in [0.1, 0.15) is 19.4 Å². The Labute approximate surface area is 159 Å². The Balaban J connectivity index is 1.47. The average Bonchev–Trinajstić information content (AvgIpc) is 3.10. The summed E-state index contributed by atoms with van der Waals surface area (Å²) in [7, 11) is 0. The van der Waals surface area contributed by atoms with Crippen LogP contribution in [0.5, 0.6) is 0 Å². The fourth-order valence-corrected chi connectivity index (χ4v) is 3.84. The molecule has 0 aliphatic carbocycles. The van der Waals surface area contributed by atoms with E-state index in [0.29, 0.717) is 13.0 Å². The predicted octanol–water partition coefficient (Wildman–Crippen LogP) is 3.36. The molecule has 1 amide bonds. The van der Waals surface area contributed by atoms with E-state index in [4.69, 9.17) is 9.15 Å². The number of ether oxygens (including phenoxy) is 1. The molecule has 27 heavy (non-hydrogen) atoms. The molecule has 0 spiro atoms. The second-order valence-electron chi connectivity index (χ2n) is 7.79. The Bertz CT molecular complexity index is 955. The minimum absolute atomic E-state index is 0.0203. The van der Waals surface area contributed by atoms with Gasteiger partial charge in [-0.25, -0.2) is 0 Å². The molecule has 2 heterocycles. The standard InChI is InChI=1S/C22H26N2O3/c1-22(2,24-9-11-26-12-10-24)15-23-20(25)13-17-14-27-19-8-7-16-5-3-4-6-18(16)21(17)19/h3-8,14H,9-13,15H2,1-2H3,(H,23,25). The van der Waals surface area contributed by atoms with Crippen LogP contribution in [-0.2, 0) is 16.0 Å². The number of fused-ring (bicyclic) bond motifs is 3. The van der Waals surface area contributed by atoms with Crippen LogP contribution in [0.2, 0.25) is 0 Å². The second kappa shape index (κ2) is 7.33. The number of carbonyl (C=O) groups is 1. The maximum Gasteiger partial charge on any atom is 0.224 e. The van der Waals surface area contributed by atoms with Gasteiger partial charge in [-0.15, -0.1) is 0 Å². The molecule has 5 heteroatoms. The highest BCUT2D eigenvalue weighted by molar-refractivity contribution is 6.08. The number of nitrogens with one attached hydrogen (secondary N) is 1. The van der Waals surface area contributed by atoms with Crippen molar-refractivity contribution in [1.82, 2.24) is 10.2 Å². The molecule has 1 N–H and O–H groups in total. The summed E-state index contributed by atoms with van der Waals surface area (Å²) in [6.07, 6.45) is 2.03. The summed E-state index contributed by atoms with van der Waals surface area (Å²) in [6, 6.07) is 12.2. The van der Waals surface area contributed by atoms with Gasteiger partial charge in [0.05, 0.1) is 25.9 Å². The van der Waals surface area contributed by atoms with Gasteiger partial charge in [0.1, 0.15) is 5.58 Å². The van der Waals surface area contributed by atoms with Gasteiger partial charge < -0.3 is 14.5 Å². The average molecular weight is 366 g/mol. The molecule has 4 rings (SSSR count). The van der Waals surface area contributed by atoms with Crippen molar-refractivity contribution in [3.8, 4) is 0 Å². The molecule has 1 aliphatic rings. The van der Waals surface area contributed by atoms with Crippen molar-refractivity contribution >= 4 is 27.6 Å². The van der Waals surface area contributed by atoms with E-state index in [1.165, 1.54) is 0 Å². The van der Waals surface area contributed by atoms with Gasteiger partial charge in [-0.3, -0.25) is 9.69 Å². The van der Waals surface area contributed by atoms with Crippen molar-refractivity contribution in [2.45, 2.75) is 25.8 Å². The van der Waals surface area contributed by atoms with Crippen LogP contribution in [-0.4, -0.2) is 49.2 Å². The van der Waals surface area contributed by atoms with Crippen molar-refractivity contribution in [2.75, 3.05) is 32.8 Å². The first-order valence-corrected chi connectivity index (χ1v) is 9.52. The normalized spacial score (nSPS) is 16.1. The molecule has 5 nitrogen and oxygen atoms in total. The van der Waals surface area contributed by atoms with Gasteiger partial charge in [-0.05, 0) is 30.7 Å². The lowest BCUT2D eigenvalue weighted by molar-refractivity contribution is -0.121. The van der Waals surface area contributed by atoms with Crippen LogP contribution >= 0.6 is 0 Å². The van der Waals surface area contributed by atoms with Crippen molar-refractivity contribution in [3.63, 3.8) is 0 Å². The van der Waals surface area contributed by atoms with Gasteiger partial charge in [-0.1, -0.05) is 30.3 Å². The fourth-order valence-electron chi connectivity index (χ4n) is 3.84. The van der Waals surface area contributed by atoms with Gasteiger partial charge in [-0.2, -0.15) is 0 Å².